The lowest BCUT2D eigenvalue weighted by Gasteiger charge is -2.32. The fourth-order valence-electron chi connectivity index (χ4n) is 3.40. The van der Waals surface area contributed by atoms with Gasteiger partial charge in [0, 0.05) is 13.5 Å². The minimum absolute atomic E-state index is 0.0212. The summed E-state index contributed by atoms with van der Waals surface area (Å²) in [5.41, 5.74) is 1.74. The Bertz CT molecular complexity index is 967. The predicted molar refractivity (Wildman–Crippen MR) is 117 cm³/mol. The summed E-state index contributed by atoms with van der Waals surface area (Å²) in [6.07, 6.45) is 3.37. The lowest BCUT2D eigenvalue weighted by Crippen LogP contribution is -2.50. The van der Waals surface area contributed by atoms with Crippen LogP contribution in [0.1, 0.15) is 48.7 Å². The summed E-state index contributed by atoms with van der Waals surface area (Å²) in [5.74, 6) is 0.506. The standard InChI is InChI=1S/C22H28N6O3/c1-4-8-17(22(30)28-11-12-31-18(14-23-3)15(28)2)24-21(29)20-25-19(26-27-20)13-16-9-6-5-7-10-16/h5-7,9-10,14,17H,4,8,11-13H2,1-3H3,(H,24,29)(H,25,26,27). The number of hydrogen-bond donors (Lipinski definition) is 2. The van der Waals surface area contributed by atoms with Crippen LogP contribution < -0.4 is 5.32 Å². The van der Waals surface area contributed by atoms with Gasteiger partial charge >= 0.3 is 0 Å². The zero-order chi connectivity index (χ0) is 22.2. The van der Waals surface area contributed by atoms with Crippen molar-refractivity contribution < 1.29 is 14.3 Å². The molecule has 2 N–H and O–H groups in total. The van der Waals surface area contributed by atoms with Crippen molar-refractivity contribution in [3.05, 3.63) is 59.0 Å². The molecule has 0 fully saturated rings. The molecule has 0 bridgehead atoms. The van der Waals surface area contributed by atoms with E-state index in [0.717, 1.165) is 12.0 Å². The quantitative estimate of drug-likeness (QED) is 0.630. The van der Waals surface area contributed by atoms with E-state index >= 15 is 0 Å². The lowest BCUT2D eigenvalue weighted by molar-refractivity contribution is -0.132. The Kier molecular flexibility index (Phi) is 7.53. The van der Waals surface area contributed by atoms with Crippen molar-refractivity contribution in [2.45, 2.75) is 39.2 Å². The highest BCUT2D eigenvalue weighted by Gasteiger charge is 2.30. The van der Waals surface area contributed by atoms with Crippen LogP contribution in [-0.4, -0.2) is 64.4 Å². The summed E-state index contributed by atoms with van der Waals surface area (Å²) in [5, 5.41) is 9.64. The first-order valence-corrected chi connectivity index (χ1v) is 10.4. The summed E-state index contributed by atoms with van der Waals surface area (Å²) in [7, 11) is 1.65. The van der Waals surface area contributed by atoms with Gasteiger partial charge in [0.1, 0.15) is 18.5 Å². The number of H-pyrrole nitrogens is 1. The molecule has 2 aromatic rings. The smallest absolute Gasteiger partial charge is 0.291 e. The molecule has 1 atom stereocenters. The molecule has 1 aromatic heterocycles. The van der Waals surface area contributed by atoms with E-state index in [1.165, 1.54) is 0 Å². The van der Waals surface area contributed by atoms with Gasteiger partial charge in [-0.25, -0.2) is 4.98 Å². The van der Waals surface area contributed by atoms with Crippen molar-refractivity contribution in [1.29, 1.82) is 0 Å². The number of aliphatic imine (C=N–C) groups is 1. The third kappa shape index (κ3) is 5.56. The van der Waals surface area contributed by atoms with Gasteiger partial charge in [0.25, 0.3) is 5.91 Å². The van der Waals surface area contributed by atoms with E-state index in [9.17, 15) is 9.59 Å². The SMILES string of the molecule is CCCC(NC(=O)c1n[nH]c(Cc2ccccc2)n1)C(=O)N1CCOC(C=NC)=C1C. The fourth-order valence-corrected chi connectivity index (χ4v) is 3.40. The number of aromatic amines is 1. The number of allylic oxidation sites excluding steroid dienone is 2. The number of nitrogens with zero attached hydrogens (tertiary/aromatic N) is 4. The number of benzene rings is 1. The summed E-state index contributed by atoms with van der Waals surface area (Å²) >= 11 is 0. The second kappa shape index (κ2) is 10.5. The highest BCUT2D eigenvalue weighted by atomic mass is 16.5. The molecule has 0 saturated heterocycles. The van der Waals surface area contributed by atoms with Gasteiger partial charge in [-0.3, -0.25) is 19.7 Å². The Morgan fingerprint density at radius 2 is 2.13 bits per heavy atom. The van der Waals surface area contributed by atoms with Gasteiger partial charge in [-0.15, -0.1) is 5.10 Å². The normalized spacial score (nSPS) is 15.1. The number of carbonyl (C=O) groups is 2. The van der Waals surface area contributed by atoms with Crippen LogP contribution in [0.4, 0.5) is 0 Å². The first kappa shape index (κ1) is 22.2. The third-order valence-electron chi connectivity index (χ3n) is 4.98. The van der Waals surface area contributed by atoms with Crippen LogP contribution in [0.15, 0.2) is 46.8 Å². The van der Waals surface area contributed by atoms with E-state index < -0.39 is 11.9 Å². The summed E-state index contributed by atoms with van der Waals surface area (Å²) in [6, 6.07) is 9.11. The molecule has 0 saturated carbocycles. The van der Waals surface area contributed by atoms with Gasteiger partial charge in [-0.1, -0.05) is 43.7 Å². The van der Waals surface area contributed by atoms with E-state index in [-0.39, 0.29) is 11.7 Å². The molecule has 1 aliphatic rings. The highest BCUT2D eigenvalue weighted by Crippen LogP contribution is 2.18. The number of rotatable bonds is 8. The number of hydrogen-bond acceptors (Lipinski definition) is 6. The number of nitrogens with one attached hydrogen (secondary N) is 2. The molecule has 1 aromatic carbocycles. The summed E-state index contributed by atoms with van der Waals surface area (Å²) < 4.78 is 5.58. The van der Waals surface area contributed by atoms with Crippen LogP contribution in [0.2, 0.25) is 0 Å². The number of aromatic nitrogens is 3. The molecule has 1 aliphatic heterocycles. The van der Waals surface area contributed by atoms with Crippen LogP contribution in [-0.2, 0) is 16.0 Å². The Balaban J connectivity index is 1.70. The maximum absolute atomic E-state index is 13.2. The van der Waals surface area contributed by atoms with Crippen molar-refractivity contribution in [2.75, 3.05) is 20.2 Å². The topological polar surface area (TPSA) is 113 Å². The van der Waals surface area contributed by atoms with Crippen molar-refractivity contribution >= 4 is 18.0 Å². The maximum Gasteiger partial charge on any atom is 0.291 e. The summed E-state index contributed by atoms with van der Waals surface area (Å²) in [6.45, 7) is 4.57. The molecule has 1 unspecified atom stereocenters. The fraction of sp³-hybridized carbons (Fsp3) is 0.409. The first-order valence-electron chi connectivity index (χ1n) is 10.4. The molecule has 31 heavy (non-hydrogen) atoms. The Hall–Kier alpha value is -3.49. The molecular weight excluding hydrogens is 396 g/mol. The molecule has 0 spiro atoms. The molecule has 164 valence electrons. The zero-order valence-electron chi connectivity index (χ0n) is 18.1. The Labute approximate surface area is 181 Å². The predicted octanol–water partition coefficient (Wildman–Crippen LogP) is 2.08. The number of amides is 2. The Morgan fingerprint density at radius 3 is 2.84 bits per heavy atom. The average Bonchev–Trinajstić information content (AvgIpc) is 3.24. The molecule has 2 amide bonds. The van der Waals surface area contributed by atoms with Gasteiger partial charge in [0.05, 0.1) is 18.5 Å². The van der Waals surface area contributed by atoms with E-state index in [1.54, 1.807) is 18.2 Å². The second-order valence-corrected chi connectivity index (χ2v) is 7.26. The molecule has 0 radical (unpaired) electrons. The van der Waals surface area contributed by atoms with Crippen LogP contribution in [0.3, 0.4) is 0 Å². The largest absolute Gasteiger partial charge is 0.488 e. The van der Waals surface area contributed by atoms with E-state index in [4.69, 9.17) is 4.74 Å². The van der Waals surface area contributed by atoms with Crippen LogP contribution in [0.25, 0.3) is 0 Å². The van der Waals surface area contributed by atoms with Crippen LogP contribution in [0.5, 0.6) is 0 Å². The van der Waals surface area contributed by atoms with E-state index in [1.807, 2.05) is 44.2 Å². The van der Waals surface area contributed by atoms with E-state index in [0.29, 0.717) is 43.3 Å². The summed E-state index contributed by atoms with van der Waals surface area (Å²) in [4.78, 5) is 35.8. The average molecular weight is 425 g/mol. The van der Waals surface area contributed by atoms with E-state index in [2.05, 4.69) is 25.5 Å². The van der Waals surface area contributed by atoms with Crippen molar-refractivity contribution in [3.63, 3.8) is 0 Å². The van der Waals surface area contributed by atoms with Gasteiger partial charge in [-0.2, -0.15) is 0 Å². The highest BCUT2D eigenvalue weighted by molar-refractivity contribution is 5.95. The van der Waals surface area contributed by atoms with Crippen molar-refractivity contribution in [1.82, 2.24) is 25.4 Å². The van der Waals surface area contributed by atoms with Crippen LogP contribution >= 0.6 is 0 Å². The minimum atomic E-state index is -0.679. The molecular formula is C22H28N6O3. The van der Waals surface area contributed by atoms with Gasteiger partial charge in [0.2, 0.25) is 11.7 Å². The first-order chi connectivity index (χ1) is 15.0. The lowest BCUT2D eigenvalue weighted by atomic mass is 10.1. The number of ether oxygens (including phenoxy) is 1. The molecule has 0 aliphatic carbocycles. The second-order valence-electron chi connectivity index (χ2n) is 7.26. The van der Waals surface area contributed by atoms with Crippen molar-refractivity contribution in [3.8, 4) is 0 Å². The molecule has 2 heterocycles. The van der Waals surface area contributed by atoms with Crippen LogP contribution in [0, 0.1) is 0 Å². The molecule has 9 heteroatoms. The van der Waals surface area contributed by atoms with Gasteiger partial charge in [-0.05, 0) is 18.9 Å². The monoisotopic (exact) mass is 424 g/mol. The number of carbonyl (C=O) groups excluding carboxylic acids is 2. The zero-order valence-corrected chi connectivity index (χ0v) is 18.1. The van der Waals surface area contributed by atoms with Gasteiger partial charge < -0.3 is 15.0 Å². The third-order valence-corrected chi connectivity index (χ3v) is 4.98. The molecule has 9 nitrogen and oxygen atoms in total. The molecule has 3 rings (SSSR count). The van der Waals surface area contributed by atoms with Crippen molar-refractivity contribution in [2.24, 2.45) is 4.99 Å². The Morgan fingerprint density at radius 1 is 1.35 bits per heavy atom. The minimum Gasteiger partial charge on any atom is -0.488 e. The maximum atomic E-state index is 13.2. The van der Waals surface area contributed by atoms with Gasteiger partial charge in [0.15, 0.2) is 5.76 Å².